The fourth-order valence-electron chi connectivity index (χ4n) is 2.56. The van der Waals surface area contributed by atoms with E-state index in [-0.39, 0.29) is 10.8 Å². The van der Waals surface area contributed by atoms with E-state index in [4.69, 9.17) is 16.3 Å². The summed E-state index contributed by atoms with van der Waals surface area (Å²) in [6.45, 7) is 6.46. The number of nitrogens with one attached hydrogen (secondary N) is 1. The third-order valence-electron chi connectivity index (χ3n) is 3.95. The molecule has 0 unspecified atom stereocenters. The van der Waals surface area contributed by atoms with E-state index in [1.807, 2.05) is 6.92 Å². The average Bonchev–Trinajstić information content (AvgIpc) is 2.64. The summed E-state index contributed by atoms with van der Waals surface area (Å²) in [5, 5.41) is 3.25. The van der Waals surface area contributed by atoms with Crippen LogP contribution in [0.1, 0.15) is 31.1 Å². The minimum absolute atomic E-state index is 0.0982. The van der Waals surface area contributed by atoms with Crippen molar-refractivity contribution >= 4 is 33.2 Å². The third-order valence-corrected chi connectivity index (χ3v) is 6.25. The molecular formula is C19H23ClN2O4S. The highest BCUT2D eigenvalue weighted by Gasteiger charge is 2.23. The molecule has 146 valence electrons. The number of carbonyl (C=O) groups excluding carboxylic acids is 1. The van der Waals surface area contributed by atoms with Gasteiger partial charge in [-0.05, 0) is 49.4 Å². The van der Waals surface area contributed by atoms with E-state index in [9.17, 15) is 13.2 Å². The van der Waals surface area contributed by atoms with E-state index in [0.717, 1.165) is 0 Å². The van der Waals surface area contributed by atoms with Crippen LogP contribution in [0.4, 0.5) is 5.69 Å². The summed E-state index contributed by atoms with van der Waals surface area (Å²) in [7, 11) is -3.65. The Balaban J connectivity index is 2.41. The summed E-state index contributed by atoms with van der Waals surface area (Å²) in [5.41, 5.74) is 0.698. The second-order valence-corrected chi connectivity index (χ2v) is 8.02. The molecule has 0 heterocycles. The smallest absolute Gasteiger partial charge is 0.255 e. The van der Waals surface area contributed by atoms with Crippen LogP contribution in [-0.4, -0.2) is 38.3 Å². The highest BCUT2D eigenvalue weighted by atomic mass is 35.5. The first-order chi connectivity index (χ1) is 12.8. The molecule has 6 nitrogen and oxygen atoms in total. The van der Waals surface area contributed by atoms with Crippen LogP contribution in [0.2, 0.25) is 5.02 Å². The lowest BCUT2D eigenvalue weighted by Crippen LogP contribution is -2.30. The standard InChI is InChI=1S/C19H23ClN2O4S/c1-4-22(5-2)27(24,25)16-11-12-18(26-6-3)17(13-16)21-19(23)14-7-9-15(20)10-8-14/h7-13H,4-6H2,1-3H3,(H,21,23). The SMILES string of the molecule is CCOc1ccc(S(=O)(=O)N(CC)CC)cc1NC(=O)c1ccc(Cl)cc1. The van der Waals surface area contributed by atoms with Gasteiger partial charge < -0.3 is 10.1 Å². The molecule has 8 heteroatoms. The quantitative estimate of drug-likeness (QED) is 0.713. The highest BCUT2D eigenvalue weighted by Crippen LogP contribution is 2.30. The lowest BCUT2D eigenvalue weighted by atomic mass is 10.2. The second kappa shape index (κ2) is 9.21. The molecule has 0 bridgehead atoms. The van der Waals surface area contributed by atoms with Crippen LogP contribution >= 0.6 is 11.6 Å². The Bertz CT molecular complexity index is 894. The molecule has 27 heavy (non-hydrogen) atoms. The molecular weight excluding hydrogens is 388 g/mol. The van der Waals surface area contributed by atoms with Crippen molar-refractivity contribution < 1.29 is 17.9 Å². The van der Waals surface area contributed by atoms with E-state index in [0.29, 0.717) is 41.7 Å². The van der Waals surface area contributed by atoms with Crippen molar-refractivity contribution in [2.75, 3.05) is 25.0 Å². The van der Waals surface area contributed by atoms with Crippen LogP contribution in [-0.2, 0) is 10.0 Å². The van der Waals surface area contributed by atoms with Gasteiger partial charge in [0.1, 0.15) is 5.75 Å². The summed E-state index contributed by atoms with van der Waals surface area (Å²) in [6.07, 6.45) is 0. The fourth-order valence-corrected chi connectivity index (χ4v) is 4.17. The molecule has 0 aromatic heterocycles. The number of halogens is 1. The van der Waals surface area contributed by atoms with Gasteiger partial charge in [-0.3, -0.25) is 4.79 Å². The molecule has 0 fully saturated rings. The molecule has 0 saturated carbocycles. The van der Waals surface area contributed by atoms with Crippen molar-refractivity contribution in [3.63, 3.8) is 0 Å². The van der Waals surface area contributed by atoms with Gasteiger partial charge in [-0.15, -0.1) is 0 Å². The number of nitrogens with zero attached hydrogens (tertiary/aromatic N) is 1. The number of benzene rings is 2. The van der Waals surface area contributed by atoms with Gasteiger partial charge in [0.2, 0.25) is 10.0 Å². The number of hydrogen-bond donors (Lipinski definition) is 1. The van der Waals surface area contributed by atoms with Gasteiger partial charge in [-0.25, -0.2) is 8.42 Å². The van der Waals surface area contributed by atoms with Crippen LogP contribution < -0.4 is 10.1 Å². The van der Waals surface area contributed by atoms with Gasteiger partial charge in [0.25, 0.3) is 5.91 Å². The van der Waals surface area contributed by atoms with Crippen molar-refractivity contribution in [1.29, 1.82) is 0 Å². The van der Waals surface area contributed by atoms with Gasteiger partial charge >= 0.3 is 0 Å². The topological polar surface area (TPSA) is 75.7 Å². The molecule has 2 aromatic rings. The Hall–Kier alpha value is -2.09. The Morgan fingerprint density at radius 3 is 2.26 bits per heavy atom. The van der Waals surface area contributed by atoms with E-state index in [2.05, 4.69) is 5.32 Å². The molecule has 0 atom stereocenters. The van der Waals surface area contributed by atoms with E-state index < -0.39 is 10.0 Å². The van der Waals surface area contributed by atoms with E-state index in [1.165, 1.54) is 16.4 Å². The number of carbonyl (C=O) groups is 1. The van der Waals surface area contributed by atoms with E-state index in [1.54, 1.807) is 44.2 Å². The van der Waals surface area contributed by atoms with E-state index >= 15 is 0 Å². The minimum Gasteiger partial charge on any atom is -0.492 e. The third kappa shape index (κ3) is 5.00. The Morgan fingerprint density at radius 1 is 1.07 bits per heavy atom. The Kier molecular flexibility index (Phi) is 7.24. The predicted octanol–water partition coefficient (Wildman–Crippen LogP) is 4.02. The maximum absolute atomic E-state index is 12.8. The first kappa shape index (κ1) is 21.2. The van der Waals surface area contributed by atoms with Crippen molar-refractivity contribution in [3.05, 3.63) is 53.1 Å². The van der Waals surface area contributed by atoms with Gasteiger partial charge in [-0.1, -0.05) is 25.4 Å². The molecule has 0 aliphatic heterocycles. The summed E-state index contributed by atoms with van der Waals surface area (Å²) >= 11 is 5.85. The fraction of sp³-hybridized carbons (Fsp3) is 0.316. The van der Waals surface area contributed by atoms with Crippen LogP contribution in [0, 0.1) is 0 Å². The summed E-state index contributed by atoms with van der Waals surface area (Å²) in [4.78, 5) is 12.6. The number of rotatable bonds is 8. The second-order valence-electron chi connectivity index (χ2n) is 5.64. The zero-order valence-electron chi connectivity index (χ0n) is 15.5. The zero-order valence-corrected chi connectivity index (χ0v) is 17.1. The first-order valence-corrected chi connectivity index (χ1v) is 10.5. The molecule has 2 aromatic carbocycles. The zero-order chi connectivity index (χ0) is 20.0. The number of ether oxygens (including phenoxy) is 1. The lowest BCUT2D eigenvalue weighted by Gasteiger charge is -2.20. The van der Waals surface area contributed by atoms with Crippen LogP contribution in [0.3, 0.4) is 0 Å². The van der Waals surface area contributed by atoms with Crippen molar-refractivity contribution in [1.82, 2.24) is 4.31 Å². The molecule has 0 aliphatic rings. The van der Waals surface area contributed by atoms with Crippen LogP contribution in [0.25, 0.3) is 0 Å². The molecule has 2 rings (SSSR count). The molecule has 0 spiro atoms. The molecule has 1 N–H and O–H groups in total. The summed E-state index contributed by atoms with van der Waals surface area (Å²) in [5.74, 6) is 0.0170. The first-order valence-electron chi connectivity index (χ1n) is 8.67. The van der Waals surface area contributed by atoms with Gasteiger partial charge in [-0.2, -0.15) is 4.31 Å². The van der Waals surface area contributed by atoms with Gasteiger partial charge in [0, 0.05) is 23.7 Å². The molecule has 1 amide bonds. The largest absolute Gasteiger partial charge is 0.492 e. The number of anilines is 1. The predicted molar refractivity (Wildman–Crippen MR) is 107 cm³/mol. The molecule has 0 saturated heterocycles. The Labute approximate surface area is 165 Å². The number of amides is 1. The average molecular weight is 411 g/mol. The van der Waals surface area contributed by atoms with Crippen molar-refractivity contribution in [3.8, 4) is 5.75 Å². The normalized spacial score (nSPS) is 11.4. The van der Waals surface area contributed by atoms with Crippen molar-refractivity contribution in [2.45, 2.75) is 25.7 Å². The summed E-state index contributed by atoms with van der Waals surface area (Å²) in [6, 6.07) is 10.9. The maximum Gasteiger partial charge on any atom is 0.255 e. The molecule has 0 radical (unpaired) electrons. The lowest BCUT2D eigenvalue weighted by molar-refractivity contribution is 0.102. The molecule has 0 aliphatic carbocycles. The number of sulfonamides is 1. The monoisotopic (exact) mass is 410 g/mol. The minimum atomic E-state index is -3.65. The summed E-state index contributed by atoms with van der Waals surface area (Å²) < 4.78 is 32.4. The van der Waals surface area contributed by atoms with Gasteiger partial charge in [0.05, 0.1) is 17.2 Å². The van der Waals surface area contributed by atoms with Crippen molar-refractivity contribution in [2.24, 2.45) is 0 Å². The van der Waals surface area contributed by atoms with Gasteiger partial charge in [0.15, 0.2) is 0 Å². The highest BCUT2D eigenvalue weighted by molar-refractivity contribution is 7.89. The van der Waals surface area contributed by atoms with Crippen LogP contribution in [0.15, 0.2) is 47.4 Å². The Morgan fingerprint density at radius 2 is 1.70 bits per heavy atom. The maximum atomic E-state index is 12.8. The number of hydrogen-bond acceptors (Lipinski definition) is 4. The van der Waals surface area contributed by atoms with Crippen LogP contribution in [0.5, 0.6) is 5.75 Å².